The molecule has 1 aromatic carbocycles. The summed E-state index contributed by atoms with van der Waals surface area (Å²) in [4.78, 5) is 2.08. The van der Waals surface area contributed by atoms with Crippen molar-refractivity contribution < 1.29 is 4.39 Å². The highest BCUT2D eigenvalue weighted by Crippen LogP contribution is 2.30. The Bertz CT molecular complexity index is 369. The van der Waals surface area contributed by atoms with E-state index in [1.165, 1.54) is 0 Å². The summed E-state index contributed by atoms with van der Waals surface area (Å²) in [5, 5.41) is 0. The maximum Gasteiger partial charge on any atom is 0.127 e. The van der Waals surface area contributed by atoms with E-state index in [0.717, 1.165) is 23.0 Å². The van der Waals surface area contributed by atoms with Gasteiger partial charge in [-0.1, -0.05) is 34.1 Å². The minimum absolute atomic E-state index is 0.513. The summed E-state index contributed by atoms with van der Waals surface area (Å²) in [6.07, 6.45) is 2.15. The van der Waals surface area contributed by atoms with Crippen LogP contribution in [0.15, 0.2) is 28.7 Å². The van der Waals surface area contributed by atoms with E-state index in [2.05, 4.69) is 20.8 Å². The lowest BCUT2D eigenvalue weighted by Crippen LogP contribution is -2.44. The van der Waals surface area contributed by atoms with Gasteiger partial charge in [0.1, 0.15) is 5.67 Å². The first-order chi connectivity index (χ1) is 7.59. The van der Waals surface area contributed by atoms with Crippen molar-refractivity contribution in [3.63, 3.8) is 0 Å². The number of alkyl halides is 1. The molecule has 1 unspecified atom stereocenters. The predicted octanol–water partition coefficient (Wildman–Crippen LogP) is 3.43. The molecule has 88 valence electrons. The average molecular weight is 286 g/mol. The van der Waals surface area contributed by atoms with E-state index in [9.17, 15) is 4.39 Å². The van der Waals surface area contributed by atoms with Gasteiger partial charge in [-0.15, -0.1) is 0 Å². The summed E-state index contributed by atoms with van der Waals surface area (Å²) < 4.78 is 15.6. The standard InChI is InChI=1S/C13H17BrFN/c1-16-8-4-7-13(15,10-16)9-11-5-2-3-6-12(11)14/h2-3,5-6H,4,7-10H2,1H3. The zero-order valence-electron chi connectivity index (χ0n) is 9.55. The summed E-state index contributed by atoms with van der Waals surface area (Å²) in [6.45, 7) is 1.57. The quantitative estimate of drug-likeness (QED) is 0.805. The maximum atomic E-state index is 14.6. The molecule has 1 atom stereocenters. The molecular weight excluding hydrogens is 269 g/mol. The number of rotatable bonds is 2. The second kappa shape index (κ2) is 4.84. The molecule has 2 rings (SSSR count). The van der Waals surface area contributed by atoms with Crippen molar-refractivity contribution >= 4 is 15.9 Å². The smallest absolute Gasteiger partial charge is 0.127 e. The fraction of sp³-hybridized carbons (Fsp3) is 0.538. The van der Waals surface area contributed by atoms with Crippen LogP contribution in [0, 0.1) is 0 Å². The van der Waals surface area contributed by atoms with Crippen LogP contribution in [-0.2, 0) is 6.42 Å². The highest BCUT2D eigenvalue weighted by molar-refractivity contribution is 9.10. The van der Waals surface area contributed by atoms with Crippen molar-refractivity contribution in [3.8, 4) is 0 Å². The van der Waals surface area contributed by atoms with Gasteiger partial charge in [-0.25, -0.2) is 4.39 Å². The van der Waals surface area contributed by atoms with E-state index in [-0.39, 0.29) is 0 Å². The monoisotopic (exact) mass is 285 g/mol. The average Bonchev–Trinajstić information content (AvgIpc) is 2.21. The summed E-state index contributed by atoms with van der Waals surface area (Å²) in [6, 6.07) is 7.91. The minimum atomic E-state index is -1.06. The topological polar surface area (TPSA) is 3.24 Å². The zero-order valence-corrected chi connectivity index (χ0v) is 11.1. The number of piperidine rings is 1. The highest BCUT2D eigenvalue weighted by atomic mass is 79.9. The summed E-state index contributed by atoms with van der Waals surface area (Å²) >= 11 is 3.48. The molecule has 0 aliphatic carbocycles. The van der Waals surface area contributed by atoms with Crippen molar-refractivity contribution in [1.29, 1.82) is 0 Å². The van der Waals surface area contributed by atoms with Crippen LogP contribution in [0.5, 0.6) is 0 Å². The summed E-state index contributed by atoms with van der Waals surface area (Å²) in [5.74, 6) is 0. The van der Waals surface area contributed by atoms with Crippen molar-refractivity contribution in [2.24, 2.45) is 0 Å². The molecule has 3 heteroatoms. The van der Waals surface area contributed by atoms with Crippen molar-refractivity contribution in [2.45, 2.75) is 24.9 Å². The third-order valence-electron chi connectivity index (χ3n) is 3.18. The second-order valence-electron chi connectivity index (χ2n) is 4.76. The first-order valence-electron chi connectivity index (χ1n) is 5.70. The van der Waals surface area contributed by atoms with E-state index in [4.69, 9.17) is 0 Å². The van der Waals surface area contributed by atoms with Gasteiger partial charge < -0.3 is 4.90 Å². The van der Waals surface area contributed by atoms with Gasteiger partial charge in [-0.2, -0.15) is 0 Å². The van der Waals surface area contributed by atoms with E-state index >= 15 is 0 Å². The van der Waals surface area contributed by atoms with Crippen LogP contribution in [0.2, 0.25) is 0 Å². The normalized spacial score (nSPS) is 26.9. The number of nitrogens with zero attached hydrogens (tertiary/aromatic N) is 1. The van der Waals surface area contributed by atoms with Gasteiger partial charge in [0.25, 0.3) is 0 Å². The lowest BCUT2D eigenvalue weighted by Gasteiger charge is -2.35. The van der Waals surface area contributed by atoms with Gasteiger partial charge in [-0.05, 0) is 38.1 Å². The Morgan fingerprint density at radius 2 is 2.19 bits per heavy atom. The highest BCUT2D eigenvalue weighted by Gasteiger charge is 2.34. The zero-order chi connectivity index (χ0) is 11.6. The maximum absolute atomic E-state index is 14.6. The molecule has 0 N–H and O–H groups in total. The molecule has 0 radical (unpaired) electrons. The van der Waals surface area contributed by atoms with Crippen LogP contribution in [0.1, 0.15) is 18.4 Å². The van der Waals surface area contributed by atoms with Gasteiger partial charge >= 0.3 is 0 Å². The Morgan fingerprint density at radius 3 is 2.88 bits per heavy atom. The van der Waals surface area contributed by atoms with Crippen molar-refractivity contribution in [3.05, 3.63) is 34.3 Å². The molecule has 1 nitrogen and oxygen atoms in total. The largest absolute Gasteiger partial charge is 0.303 e. The number of hydrogen-bond donors (Lipinski definition) is 0. The molecule has 1 saturated heterocycles. The van der Waals surface area contributed by atoms with E-state index in [1.807, 2.05) is 31.3 Å². The lowest BCUT2D eigenvalue weighted by molar-refractivity contribution is 0.0589. The second-order valence-corrected chi connectivity index (χ2v) is 5.61. The Labute approximate surface area is 105 Å². The van der Waals surface area contributed by atoms with Crippen LogP contribution in [0.25, 0.3) is 0 Å². The SMILES string of the molecule is CN1CCCC(F)(Cc2ccccc2Br)C1. The molecule has 0 aromatic heterocycles. The van der Waals surface area contributed by atoms with Gasteiger partial charge in [0.2, 0.25) is 0 Å². The van der Waals surface area contributed by atoms with Crippen molar-refractivity contribution in [2.75, 3.05) is 20.1 Å². The van der Waals surface area contributed by atoms with Crippen LogP contribution in [0.4, 0.5) is 4.39 Å². The summed E-state index contributed by atoms with van der Waals surface area (Å²) in [5.41, 5.74) is 0.0111. The molecule has 1 heterocycles. The molecule has 0 spiro atoms. The van der Waals surface area contributed by atoms with Gasteiger partial charge in [-0.3, -0.25) is 0 Å². The molecule has 16 heavy (non-hydrogen) atoms. The van der Waals surface area contributed by atoms with Crippen molar-refractivity contribution in [1.82, 2.24) is 4.90 Å². The molecule has 0 bridgehead atoms. The molecule has 1 fully saturated rings. The molecule has 0 amide bonds. The summed E-state index contributed by atoms with van der Waals surface area (Å²) in [7, 11) is 1.99. The fourth-order valence-electron chi connectivity index (χ4n) is 2.44. The number of hydrogen-bond acceptors (Lipinski definition) is 1. The third-order valence-corrected chi connectivity index (χ3v) is 3.96. The van der Waals surface area contributed by atoms with E-state index in [1.54, 1.807) is 0 Å². The first-order valence-corrected chi connectivity index (χ1v) is 6.49. The van der Waals surface area contributed by atoms with Crippen LogP contribution in [0.3, 0.4) is 0 Å². The molecule has 0 saturated carbocycles. The van der Waals surface area contributed by atoms with Crippen LogP contribution >= 0.6 is 15.9 Å². The van der Waals surface area contributed by atoms with Gasteiger partial charge in [0.15, 0.2) is 0 Å². The minimum Gasteiger partial charge on any atom is -0.303 e. The lowest BCUT2D eigenvalue weighted by atomic mass is 9.88. The number of likely N-dealkylation sites (tertiary alicyclic amines) is 1. The Hall–Kier alpha value is -0.410. The first kappa shape index (κ1) is 12.1. The van der Waals surface area contributed by atoms with Gasteiger partial charge in [0.05, 0.1) is 0 Å². The van der Waals surface area contributed by atoms with E-state index < -0.39 is 5.67 Å². The Kier molecular flexibility index (Phi) is 3.65. The van der Waals surface area contributed by atoms with E-state index in [0.29, 0.717) is 19.4 Å². The predicted molar refractivity (Wildman–Crippen MR) is 68.4 cm³/mol. The molecule has 1 aliphatic rings. The van der Waals surface area contributed by atoms with Gasteiger partial charge in [0, 0.05) is 17.4 Å². The number of benzene rings is 1. The molecular formula is C13H17BrFN. The van der Waals surface area contributed by atoms with Crippen LogP contribution in [-0.4, -0.2) is 30.7 Å². The van der Waals surface area contributed by atoms with Crippen LogP contribution < -0.4 is 0 Å². The Morgan fingerprint density at radius 1 is 1.44 bits per heavy atom. The fourth-order valence-corrected chi connectivity index (χ4v) is 2.86. The molecule has 1 aromatic rings. The molecule has 1 aliphatic heterocycles. The number of halogens is 2. The third kappa shape index (κ3) is 2.83. The Balaban J connectivity index is 2.11.